The molecular weight excluding hydrogens is 1020 g/mol. The van der Waals surface area contributed by atoms with Crippen LogP contribution in [0.3, 0.4) is 0 Å². The van der Waals surface area contributed by atoms with Crippen molar-refractivity contribution in [1.82, 2.24) is 0 Å². The minimum Gasteiger partial charge on any atom is -0.462 e. The lowest BCUT2D eigenvalue weighted by Crippen LogP contribution is -2.30. The van der Waals surface area contributed by atoms with Crippen LogP contribution < -0.4 is 0 Å². The predicted octanol–water partition coefficient (Wildman–Crippen LogP) is 23.7. The summed E-state index contributed by atoms with van der Waals surface area (Å²) >= 11 is 0. The van der Waals surface area contributed by atoms with Crippen molar-refractivity contribution >= 4 is 17.9 Å². The summed E-state index contributed by atoms with van der Waals surface area (Å²) in [7, 11) is 0. The molecule has 0 bridgehead atoms. The summed E-state index contributed by atoms with van der Waals surface area (Å²) in [6.07, 6.45) is 101. The fraction of sp³-hybridized carbons (Fsp3) is 0.623. The number of carbonyl (C=O) groups is 3. The number of esters is 3. The number of rotatable bonds is 60. The lowest BCUT2D eigenvalue weighted by Gasteiger charge is -2.18. The zero-order chi connectivity index (χ0) is 59.9. The van der Waals surface area contributed by atoms with E-state index in [-0.39, 0.29) is 31.1 Å². The van der Waals surface area contributed by atoms with Gasteiger partial charge < -0.3 is 14.2 Å². The van der Waals surface area contributed by atoms with Gasteiger partial charge in [0.1, 0.15) is 13.2 Å². The molecule has 0 heterocycles. The highest BCUT2D eigenvalue weighted by molar-refractivity contribution is 5.71. The number of allylic oxidation sites excluding steroid dienone is 26. The first-order valence-electron chi connectivity index (χ1n) is 34.0. The fourth-order valence-electron chi connectivity index (χ4n) is 8.97. The van der Waals surface area contributed by atoms with Crippen molar-refractivity contribution in [3.8, 4) is 0 Å². The van der Waals surface area contributed by atoms with Crippen LogP contribution >= 0.6 is 0 Å². The number of hydrogen-bond donors (Lipinski definition) is 0. The van der Waals surface area contributed by atoms with Gasteiger partial charge in [-0.05, 0) is 148 Å². The average Bonchev–Trinajstić information content (AvgIpc) is 3.49. The van der Waals surface area contributed by atoms with Gasteiger partial charge in [-0.25, -0.2) is 0 Å². The molecule has 83 heavy (non-hydrogen) atoms. The molecule has 0 radical (unpaired) electrons. The summed E-state index contributed by atoms with van der Waals surface area (Å²) < 4.78 is 16.9. The largest absolute Gasteiger partial charge is 0.462 e. The molecule has 0 aliphatic carbocycles. The van der Waals surface area contributed by atoms with Crippen molar-refractivity contribution < 1.29 is 28.6 Å². The van der Waals surface area contributed by atoms with Gasteiger partial charge in [-0.3, -0.25) is 14.4 Å². The SMILES string of the molecule is CC/C=C\C/C=C\C/C=C\C/C=C\C/C=C\C/C=C\C/C=C\C/C=C\CCCCCCCCCCC(=O)OCC(COC(=O)CCCCCCC/C=C\C/C=C\C/C=C\CC)OC(=O)CCCCCCCCC/C=C\C/C=C\CCCCC. The van der Waals surface area contributed by atoms with Gasteiger partial charge >= 0.3 is 17.9 Å². The molecule has 0 aromatic heterocycles. The summed E-state index contributed by atoms with van der Waals surface area (Å²) in [4.78, 5) is 38.4. The topological polar surface area (TPSA) is 78.9 Å². The maximum Gasteiger partial charge on any atom is 0.306 e. The van der Waals surface area contributed by atoms with E-state index in [1.165, 1.54) is 83.5 Å². The number of carbonyl (C=O) groups excluding carboxylic acids is 3. The van der Waals surface area contributed by atoms with Crippen molar-refractivity contribution in [2.75, 3.05) is 13.2 Å². The van der Waals surface area contributed by atoms with E-state index in [1.807, 2.05) is 0 Å². The Kier molecular flexibility index (Phi) is 65.4. The summed E-state index contributed by atoms with van der Waals surface area (Å²) in [5.41, 5.74) is 0. The zero-order valence-electron chi connectivity index (χ0n) is 53.7. The van der Waals surface area contributed by atoms with E-state index in [0.717, 1.165) is 167 Å². The Labute approximate surface area is 511 Å². The third-order valence-corrected chi connectivity index (χ3v) is 14.0. The van der Waals surface area contributed by atoms with Crippen LogP contribution in [0.2, 0.25) is 0 Å². The van der Waals surface area contributed by atoms with E-state index in [2.05, 4.69) is 179 Å². The molecule has 0 aliphatic rings. The van der Waals surface area contributed by atoms with Gasteiger partial charge in [0.05, 0.1) is 0 Å². The second-order valence-electron chi connectivity index (χ2n) is 22.0. The zero-order valence-corrected chi connectivity index (χ0v) is 53.7. The van der Waals surface area contributed by atoms with Gasteiger partial charge in [0.15, 0.2) is 6.10 Å². The first kappa shape index (κ1) is 78.0. The molecule has 0 amide bonds. The molecule has 0 aromatic carbocycles. The molecule has 6 heteroatoms. The van der Waals surface area contributed by atoms with Crippen LogP contribution in [0.25, 0.3) is 0 Å². The minimum absolute atomic E-state index is 0.0964. The van der Waals surface area contributed by atoms with Crippen molar-refractivity contribution in [2.24, 2.45) is 0 Å². The second kappa shape index (κ2) is 69.5. The maximum atomic E-state index is 12.9. The minimum atomic E-state index is -0.801. The van der Waals surface area contributed by atoms with Crippen molar-refractivity contribution in [3.63, 3.8) is 0 Å². The van der Waals surface area contributed by atoms with E-state index in [0.29, 0.717) is 19.3 Å². The molecule has 0 saturated heterocycles. The standard InChI is InChI=1S/C77H124O6/c1-4-7-10-13-16-19-22-25-28-30-31-32-33-34-35-36-37-38-39-40-41-42-43-44-45-47-49-52-55-58-61-64-67-70-76(79)82-73-74(72-81-75(78)69-66-63-60-57-54-51-48-27-24-21-18-15-12-9-6-3)83-77(80)71-68-65-62-59-56-53-50-46-29-26-23-20-17-14-11-8-5-2/h7,9-10,12,16-21,25-29,31-32,34-35,37-38,40-41,43-44,48,74H,4-6,8,11,13-15,22-24,30,33,36,39,42,45-47,49-73H2,1-3H3/b10-7-,12-9-,19-16-,20-17-,21-18-,28-25-,29-26-,32-31-,35-34-,38-37-,41-40-,44-43-,48-27-. The third kappa shape index (κ3) is 67.7. The van der Waals surface area contributed by atoms with E-state index in [4.69, 9.17) is 14.2 Å². The van der Waals surface area contributed by atoms with Crippen molar-refractivity contribution in [1.29, 1.82) is 0 Å². The third-order valence-electron chi connectivity index (χ3n) is 14.0. The Hall–Kier alpha value is -4.97. The molecule has 1 unspecified atom stereocenters. The van der Waals surface area contributed by atoms with E-state index in [9.17, 15) is 14.4 Å². The van der Waals surface area contributed by atoms with Gasteiger partial charge in [-0.2, -0.15) is 0 Å². The Morgan fingerprint density at radius 2 is 0.470 bits per heavy atom. The molecule has 0 aromatic rings. The average molecular weight is 1150 g/mol. The van der Waals surface area contributed by atoms with Gasteiger partial charge in [0, 0.05) is 19.3 Å². The van der Waals surface area contributed by atoms with E-state index in [1.54, 1.807) is 0 Å². The van der Waals surface area contributed by atoms with Gasteiger partial charge in [-0.15, -0.1) is 0 Å². The Morgan fingerprint density at radius 3 is 0.735 bits per heavy atom. The lowest BCUT2D eigenvalue weighted by atomic mass is 10.1. The fourth-order valence-corrected chi connectivity index (χ4v) is 8.97. The molecular formula is C77H124O6. The van der Waals surface area contributed by atoms with Crippen molar-refractivity contribution in [3.05, 3.63) is 158 Å². The quantitative estimate of drug-likeness (QED) is 0.0261. The lowest BCUT2D eigenvalue weighted by molar-refractivity contribution is -0.167. The highest BCUT2D eigenvalue weighted by Crippen LogP contribution is 2.15. The smallest absolute Gasteiger partial charge is 0.306 e. The molecule has 0 saturated carbocycles. The second-order valence-corrected chi connectivity index (χ2v) is 22.0. The van der Waals surface area contributed by atoms with Crippen LogP contribution in [0.1, 0.15) is 290 Å². The number of hydrogen-bond acceptors (Lipinski definition) is 6. The van der Waals surface area contributed by atoms with Crippen LogP contribution in [0.15, 0.2) is 158 Å². The summed E-state index contributed by atoms with van der Waals surface area (Å²) in [6.45, 7) is 6.37. The molecule has 0 aliphatic heterocycles. The Bertz CT molecular complexity index is 1840. The van der Waals surface area contributed by atoms with E-state index < -0.39 is 6.10 Å². The van der Waals surface area contributed by atoms with Crippen molar-refractivity contribution in [2.45, 2.75) is 297 Å². The normalized spacial score (nSPS) is 13.1. The monoisotopic (exact) mass is 1140 g/mol. The molecule has 0 N–H and O–H groups in total. The van der Waals surface area contributed by atoms with Crippen LogP contribution in [0, 0.1) is 0 Å². The van der Waals surface area contributed by atoms with E-state index >= 15 is 0 Å². The Balaban J connectivity index is 4.34. The summed E-state index contributed by atoms with van der Waals surface area (Å²) in [5.74, 6) is -0.928. The molecule has 468 valence electrons. The van der Waals surface area contributed by atoms with Gasteiger partial charge in [-0.1, -0.05) is 281 Å². The van der Waals surface area contributed by atoms with Crippen LogP contribution in [-0.2, 0) is 28.6 Å². The van der Waals surface area contributed by atoms with Crippen LogP contribution in [0.5, 0.6) is 0 Å². The molecule has 1 atom stereocenters. The maximum absolute atomic E-state index is 12.9. The Morgan fingerprint density at radius 1 is 0.253 bits per heavy atom. The van der Waals surface area contributed by atoms with Crippen LogP contribution in [-0.4, -0.2) is 37.2 Å². The van der Waals surface area contributed by atoms with Gasteiger partial charge in [0.25, 0.3) is 0 Å². The predicted molar refractivity (Wildman–Crippen MR) is 362 cm³/mol. The molecule has 0 spiro atoms. The summed E-state index contributed by atoms with van der Waals surface area (Å²) in [5, 5.41) is 0. The highest BCUT2D eigenvalue weighted by Gasteiger charge is 2.19. The first-order valence-corrected chi connectivity index (χ1v) is 34.0. The molecule has 0 fully saturated rings. The highest BCUT2D eigenvalue weighted by atomic mass is 16.6. The number of ether oxygens (including phenoxy) is 3. The first-order chi connectivity index (χ1) is 41.0. The molecule has 6 nitrogen and oxygen atoms in total. The van der Waals surface area contributed by atoms with Crippen LogP contribution in [0.4, 0.5) is 0 Å². The number of unbranched alkanes of at least 4 members (excludes halogenated alkanes) is 23. The summed E-state index contributed by atoms with van der Waals surface area (Å²) in [6, 6.07) is 0. The van der Waals surface area contributed by atoms with Gasteiger partial charge in [0.2, 0.25) is 0 Å². The molecule has 0 rings (SSSR count).